The number of aliphatic carboxylic acids is 1. The number of alkyl halides is 4. The van der Waals surface area contributed by atoms with Gasteiger partial charge in [-0.15, -0.1) is 0 Å². The van der Waals surface area contributed by atoms with Crippen molar-refractivity contribution in [2.75, 3.05) is 19.7 Å². The first-order valence-electron chi connectivity index (χ1n) is 8.27. The number of halogens is 4. The molecule has 1 unspecified atom stereocenters. The van der Waals surface area contributed by atoms with Gasteiger partial charge in [-0.05, 0) is 18.4 Å². The molecule has 2 heterocycles. The smallest absolute Gasteiger partial charge is 0.340 e. The van der Waals surface area contributed by atoms with Gasteiger partial charge in [-0.25, -0.2) is 13.8 Å². The van der Waals surface area contributed by atoms with Crippen molar-refractivity contribution >= 4 is 11.9 Å². The van der Waals surface area contributed by atoms with E-state index in [-0.39, 0.29) is 30.5 Å². The predicted octanol–water partition coefficient (Wildman–Crippen LogP) is 2.93. The Morgan fingerprint density at radius 1 is 1.37 bits per heavy atom. The van der Waals surface area contributed by atoms with E-state index in [0.29, 0.717) is 6.42 Å². The molecule has 0 saturated carbocycles. The van der Waals surface area contributed by atoms with Gasteiger partial charge in [0.1, 0.15) is 0 Å². The van der Waals surface area contributed by atoms with Crippen molar-refractivity contribution in [2.24, 2.45) is 11.3 Å². The largest absolute Gasteiger partial charge is 0.481 e. The molecular weight excluding hydrogens is 372 g/mol. The molecule has 10 heteroatoms. The van der Waals surface area contributed by atoms with Crippen LogP contribution in [0.5, 0.6) is 5.88 Å². The Kier molecular flexibility index (Phi) is 5.96. The highest BCUT2D eigenvalue weighted by Crippen LogP contribution is 2.38. The SMILES string of the molecule is CC(C)C1(C(=O)O)CCN(C(=O)c2ccc(OCC(F)(F)C(F)F)nc2)C1. The van der Waals surface area contributed by atoms with Crippen LogP contribution in [0.15, 0.2) is 18.3 Å². The second-order valence-electron chi connectivity index (χ2n) is 6.83. The number of ether oxygens (including phenoxy) is 1. The van der Waals surface area contributed by atoms with Crippen molar-refractivity contribution in [3.8, 4) is 5.88 Å². The summed E-state index contributed by atoms with van der Waals surface area (Å²) in [5.41, 5.74) is -0.902. The van der Waals surface area contributed by atoms with E-state index in [1.54, 1.807) is 13.8 Å². The normalized spacial score (nSPS) is 20.4. The second kappa shape index (κ2) is 7.69. The lowest BCUT2D eigenvalue weighted by molar-refractivity contribution is -0.150. The number of pyridine rings is 1. The number of hydrogen-bond donors (Lipinski definition) is 1. The van der Waals surface area contributed by atoms with E-state index >= 15 is 0 Å². The second-order valence-corrected chi connectivity index (χ2v) is 6.83. The van der Waals surface area contributed by atoms with Crippen LogP contribution in [0.4, 0.5) is 17.6 Å². The lowest BCUT2D eigenvalue weighted by atomic mass is 9.76. The van der Waals surface area contributed by atoms with Crippen LogP contribution in [0.25, 0.3) is 0 Å². The number of nitrogens with zero attached hydrogens (tertiary/aromatic N) is 2. The van der Waals surface area contributed by atoms with Crippen molar-refractivity contribution in [1.82, 2.24) is 9.88 Å². The summed E-state index contributed by atoms with van der Waals surface area (Å²) < 4.78 is 54.4. The molecule has 0 aromatic carbocycles. The fourth-order valence-electron chi connectivity index (χ4n) is 2.91. The zero-order valence-corrected chi connectivity index (χ0v) is 14.8. The van der Waals surface area contributed by atoms with Gasteiger partial charge in [0.25, 0.3) is 5.91 Å². The van der Waals surface area contributed by atoms with Crippen LogP contribution in [0.1, 0.15) is 30.6 Å². The minimum Gasteiger partial charge on any atom is -0.481 e. The quantitative estimate of drug-likeness (QED) is 0.722. The molecular formula is C17H20F4N2O4. The third-order valence-electron chi connectivity index (χ3n) is 4.83. The molecule has 1 aromatic heterocycles. The fourth-order valence-corrected chi connectivity index (χ4v) is 2.91. The van der Waals surface area contributed by atoms with Crippen molar-refractivity contribution in [1.29, 1.82) is 0 Å². The molecule has 150 valence electrons. The van der Waals surface area contributed by atoms with Gasteiger partial charge in [0.05, 0.1) is 11.0 Å². The minimum absolute atomic E-state index is 0.0533. The highest BCUT2D eigenvalue weighted by molar-refractivity contribution is 5.94. The first kappa shape index (κ1) is 20.9. The number of rotatable bonds is 7. The molecule has 1 N–H and O–H groups in total. The van der Waals surface area contributed by atoms with Crippen molar-refractivity contribution in [3.63, 3.8) is 0 Å². The number of aromatic nitrogens is 1. The highest BCUT2D eigenvalue weighted by atomic mass is 19.3. The van der Waals surface area contributed by atoms with E-state index in [1.807, 2.05) is 0 Å². The summed E-state index contributed by atoms with van der Waals surface area (Å²) in [6, 6.07) is 2.39. The van der Waals surface area contributed by atoms with Crippen LogP contribution in [-0.4, -0.2) is 58.9 Å². The van der Waals surface area contributed by atoms with Crippen molar-refractivity contribution in [3.05, 3.63) is 23.9 Å². The van der Waals surface area contributed by atoms with E-state index < -0.39 is 36.2 Å². The van der Waals surface area contributed by atoms with Crippen molar-refractivity contribution in [2.45, 2.75) is 32.6 Å². The van der Waals surface area contributed by atoms with E-state index in [2.05, 4.69) is 9.72 Å². The summed E-state index contributed by atoms with van der Waals surface area (Å²) in [5, 5.41) is 9.52. The number of carboxylic acid groups (broad SMARTS) is 1. The molecule has 27 heavy (non-hydrogen) atoms. The van der Waals surface area contributed by atoms with Gasteiger partial charge in [0, 0.05) is 25.4 Å². The molecule has 1 atom stereocenters. The topological polar surface area (TPSA) is 79.7 Å². The number of carboxylic acids is 1. The van der Waals surface area contributed by atoms with Gasteiger partial charge in [0.2, 0.25) is 5.88 Å². The molecule has 1 aliphatic rings. The van der Waals surface area contributed by atoms with Gasteiger partial charge in [-0.3, -0.25) is 9.59 Å². The Balaban J connectivity index is 2.03. The first-order valence-corrected chi connectivity index (χ1v) is 8.27. The first-order chi connectivity index (χ1) is 12.5. The van der Waals surface area contributed by atoms with E-state index in [4.69, 9.17) is 0 Å². The molecule has 1 fully saturated rings. The maximum Gasteiger partial charge on any atom is 0.340 e. The zero-order valence-electron chi connectivity index (χ0n) is 14.8. The molecule has 0 radical (unpaired) electrons. The number of carbonyl (C=O) groups is 2. The Labute approximate surface area is 153 Å². The molecule has 1 amide bonds. The lowest BCUT2D eigenvalue weighted by Gasteiger charge is -2.28. The number of amides is 1. The third-order valence-corrected chi connectivity index (χ3v) is 4.83. The average Bonchev–Trinajstić information content (AvgIpc) is 3.07. The predicted molar refractivity (Wildman–Crippen MR) is 86.1 cm³/mol. The van der Waals surface area contributed by atoms with Gasteiger partial charge in [-0.1, -0.05) is 13.8 Å². The molecule has 1 aliphatic heterocycles. The summed E-state index contributed by atoms with van der Waals surface area (Å²) in [4.78, 5) is 29.2. The summed E-state index contributed by atoms with van der Waals surface area (Å²) in [5.74, 6) is -6.21. The maximum absolute atomic E-state index is 12.8. The molecule has 1 saturated heterocycles. The van der Waals surface area contributed by atoms with E-state index in [1.165, 1.54) is 11.0 Å². The molecule has 0 aliphatic carbocycles. The summed E-state index contributed by atoms with van der Waals surface area (Å²) >= 11 is 0. The van der Waals surface area contributed by atoms with Gasteiger partial charge in [-0.2, -0.15) is 8.78 Å². The average molecular weight is 392 g/mol. The number of hydrogen-bond acceptors (Lipinski definition) is 4. The molecule has 2 rings (SSSR count). The summed E-state index contributed by atoms with van der Waals surface area (Å²) in [7, 11) is 0. The Hall–Kier alpha value is -2.39. The zero-order chi connectivity index (χ0) is 20.4. The van der Waals surface area contributed by atoms with Gasteiger partial charge >= 0.3 is 18.3 Å². The molecule has 0 spiro atoms. The van der Waals surface area contributed by atoms with Crippen LogP contribution in [-0.2, 0) is 4.79 Å². The minimum atomic E-state index is -4.30. The lowest BCUT2D eigenvalue weighted by Crippen LogP contribution is -2.40. The van der Waals surface area contributed by atoms with E-state index in [0.717, 1.165) is 12.3 Å². The maximum atomic E-state index is 12.8. The molecule has 1 aromatic rings. The van der Waals surface area contributed by atoms with Crippen LogP contribution in [0.2, 0.25) is 0 Å². The third kappa shape index (κ3) is 4.30. The number of carbonyl (C=O) groups excluding carboxylic acids is 1. The monoisotopic (exact) mass is 392 g/mol. The van der Waals surface area contributed by atoms with Crippen molar-refractivity contribution < 1.29 is 37.0 Å². The fraction of sp³-hybridized carbons (Fsp3) is 0.588. The molecule has 6 nitrogen and oxygen atoms in total. The van der Waals surface area contributed by atoms with Gasteiger partial charge in [0.15, 0.2) is 6.61 Å². The Bertz CT molecular complexity index is 697. The Morgan fingerprint density at radius 2 is 2.04 bits per heavy atom. The Morgan fingerprint density at radius 3 is 2.48 bits per heavy atom. The number of likely N-dealkylation sites (tertiary alicyclic amines) is 1. The molecule has 0 bridgehead atoms. The highest BCUT2D eigenvalue weighted by Gasteiger charge is 2.48. The van der Waals surface area contributed by atoms with Crippen LogP contribution in [0.3, 0.4) is 0 Å². The van der Waals surface area contributed by atoms with Crippen LogP contribution in [0, 0.1) is 11.3 Å². The van der Waals surface area contributed by atoms with Crippen LogP contribution >= 0.6 is 0 Å². The summed E-state index contributed by atoms with van der Waals surface area (Å²) in [6.07, 6.45) is -2.46. The van der Waals surface area contributed by atoms with Gasteiger partial charge < -0.3 is 14.7 Å². The van der Waals surface area contributed by atoms with E-state index in [9.17, 15) is 32.3 Å². The summed E-state index contributed by atoms with van der Waals surface area (Å²) in [6.45, 7) is 2.35. The van der Waals surface area contributed by atoms with Crippen LogP contribution < -0.4 is 4.74 Å². The standard InChI is InChI=1S/C17H20F4N2O4/c1-10(2)16(15(25)26)5-6-23(8-16)13(24)11-3-4-12(22-7-11)27-9-17(20,21)14(18)19/h3-4,7,10,14H,5-6,8-9H2,1-2H3,(H,25,26).